The van der Waals surface area contributed by atoms with Gasteiger partial charge >= 0.3 is 5.69 Å². The first kappa shape index (κ1) is 20.2. The SMILES string of the molecule is COc1ccc(Cn2c(=O)n3ncnc3c3c(C)c(CN4CCC(O)CC4)sc32)cc1. The van der Waals surface area contributed by atoms with Gasteiger partial charge in [0.1, 0.15) is 16.9 Å². The number of ether oxygens (including phenoxy) is 1. The number of piperidine rings is 1. The van der Waals surface area contributed by atoms with Crippen LogP contribution in [0.15, 0.2) is 35.4 Å². The molecule has 1 aromatic carbocycles. The normalized spacial score (nSPS) is 15.8. The highest BCUT2D eigenvalue weighted by atomic mass is 32.1. The van der Waals surface area contributed by atoms with E-state index in [1.807, 2.05) is 24.3 Å². The molecule has 0 unspecified atom stereocenters. The molecule has 5 rings (SSSR count). The minimum Gasteiger partial charge on any atom is -0.497 e. The second-order valence-corrected chi connectivity index (χ2v) is 9.13. The van der Waals surface area contributed by atoms with Crippen LogP contribution in [0.25, 0.3) is 15.9 Å². The van der Waals surface area contributed by atoms with Gasteiger partial charge in [-0.1, -0.05) is 12.1 Å². The number of rotatable bonds is 5. The summed E-state index contributed by atoms with van der Waals surface area (Å²) < 4.78 is 8.44. The fourth-order valence-electron chi connectivity index (χ4n) is 4.24. The second kappa shape index (κ2) is 8.07. The molecule has 1 N–H and O–H groups in total. The Labute approximate surface area is 183 Å². The third kappa shape index (κ3) is 3.62. The summed E-state index contributed by atoms with van der Waals surface area (Å²) in [6, 6.07) is 7.76. The molecule has 9 heteroatoms. The van der Waals surface area contributed by atoms with E-state index >= 15 is 0 Å². The van der Waals surface area contributed by atoms with Crippen LogP contribution in [0.4, 0.5) is 0 Å². The van der Waals surface area contributed by atoms with Crippen molar-refractivity contribution in [1.82, 2.24) is 24.1 Å². The largest absolute Gasteiger partial charge is 0.497 e. The van der Waals surface area contributed by atoms with Gasteiger partial charge in [-0.3, -0.25) is 9.47 Å². The van der Waals surface area contributed by atoms with E-state index in [0.29, 0.717) is 12.2 Å². The van der Waals surface area contributed by atoms with Gasteiger partial charge in [0.15, 0.2) is 5.65 Å². The van der Waals surface area contributed by atoms with Gasteiger partial charge in [0.2, 0.25) is 0 Å². The quantitative estimate of drug-likeness (QED) is 0.514. The molecule has 3 aromatic heterocycles. The summed E-state index contributed by atoms with van der Waals surface area (Å²) >= 11 is 1.66. The molecule has 162 valence electrons. The van der Waals surface area contributed by atoms with E-state index in [4.69, 9.17) is 4.74 Å². The lowest BCUT2D eigenvalue weighted by Crippen LogP contribution is -2.35. The molecule has 0 saturated carbocycles. The average Bonchev–Trinajstić information content (AvgIpc) is 3.38. The number of hydrogen-bond donors (Lipinski definition) is 1. The number of fused-ring (bicyclic) bond motifs is 3. The van der Waals surface area contributed by atoms with Crippen molar-refractivity contribution in [3.05, 3.63) is 57.1 Å². The Balaban J connectivity index is 1.60. The predicted molar refractivity (Wildman–Crippen MR) is 120 cm³/mol. The first-order valence-corrected chi connectivity index (χ1v) is 11.2. The van der Waals surface area contributed by atoms with Crippen LogP contribution >= 0.6 is 11.3 Å². The molecule has 0 aliphatic carbocycles. The highest BCUT2D eigenvalue weighted by Crippen LogP contribution is 2.34. The van der Waals surface area contributed by atoms with Crippen LogP contribution in [0.5, 0.6) is 5.75 Å². The van der Waals surface area contributed by atoms with Gasteiger partial charge < -0.3 is 9.84 Å². The monoisotopic (exact) mass is 439 g/mol. The fourth-order valence-corrected chi connectivity index (χ4v) is 5.57. The zero-order valence-electron chi connectivity index (χ0n) is 17.6. The first-order valence-electron chi connectivity index (χ1n) is 10.4. The number of benzene rings is 1. The molecule has 1 aliphatic heterocycles. The van der Waals surface area contributed by atoms with E-state index in [1.54, 1.807) is 23.0 Å². The van der Waals surface area contributed by atoms with Gasteiger partial charge in [0.25, 0.3) is 0 Å². The Morgan fingerprint density at radius 1 is 1.19 bits per heavy atom. The zero-order valence-corrected chi connectivity index (χ0v) is 18.4. The fraction of sp³-hybridized carbons (Fsp3) is 0.409. The molecule has 0 bridgehead atoms. The molecule has 1 aliphatic rings. The molecule has 4 aromatic rings. The standard InChI is InChI=1S/C22H25N5O3S/c1-14-18(12-25-9-7-16(28)8-10-25)31-21-19(14)20-23-13-24-27(20)22(29)26(21)11-15-3-5-17(30-2)6-4-15/h3-6,13,16,28H,7-12H2,1-2H3. The van der Waals surface area contributed by atoms with Crippen molar-refractivity contribution in [2.75, 3.05) is 20.2 Å². The molecular weight excluding hydrogens is 414 g/mol. The van der Waals surface area contributed by atoms with E-state index in [-0.39, 0.29) is 11.8 Å². The van der Waals surface area contributed by atoms with Gasteiger partial charge in [0, 0.05) is 24.5 Å². The van der Waals surface area contributed by atoms with Crippen molar-refractivity contribution in [2.45, 2.75) is 39.0 Å². The van der Waals surface area contributed by atoms with Crippen molar-refractivity contribution >= 4 is 27.2 Å². The topological polar surface area (TPSA) is 84.9 Å². The Kier molecular flexibility index (Phi) is 5.25. The number of aliphatic hydroxyl groups is 1. The van der Waals surface area contributed by atoms with E-state index in [1.165, 1.54) is 15.7 Å². The summed E-state index contributed by atoms with van der Waals surface area (Å²) in [5.74, 6) is 0.786. The zero-order chi connectivity index (χ0) is 21.5. The van der Waals surface area contributed by atoms with Crippen LogP contribution in [0.3, 0.4) is 0 Å². The highest BCUT2D eigenvalue weighted by molar-refractivity contribution is 7.19. The molecule has 8 nitrogen and oxygen atoms in total. The van der Waals surface area contributed by atoms with Crippen molar-refractivity contribution in [3.63, 3.8) is 0 Å². The van der Waals surface area contributed by atoms with Crippen molar-refractivity contribution < 1.29 is 9.84 Å². The number of aliphatic hydroxyl groups excluding tert-OH is 1. The van der Waals surface area contributed by atoms with Crippen LogP contribution in [0, 0.1) is 6.92 Å². The summed E-state index contributed by atoms with van der Waals surface area (Å²) in [6.45, 7) is 5.13. The predicted octanol–water partition coefficient (Wildman–Crippen LogP) is 2.43. The molecule has 1 fully saturated rings. The minimum absolute atomic E-state index is 0.190. The lowest BCUT2D eigenvalue weighted by atomic mass is 10.1. The maximum Gasteiger partial charge on any atom is 0.352 e. The summed E-state index contributed by atoms with van der Waals surface area (Å²) in [5.41, 5.74) is 2.58. The van der Waals surface area contributed by atoms with Crippen molar-refractivity contribution in [1.29, 1.82) is 0 Å². The van der Waals surface area contributed by atoms with Crippen LogP contribution in [-0.2, 0) is 13.1 Å². The highest BCUT2D eigenvalue weighted by Gasteiger charge is 2.23. The van der Waals surface area contributed by atoms with Crippen molar-refractivity contribution in [3.8, 4) is 5.75 Å². The summed E-state index contributed by atoms with van der Waals surface area (Å²) in [5, 5.41) is 15.0. The van der Waals surface area contributed by atoms with Gasteiger partial charge in [0.05, 0.1) is 25.1 Å². The van der Waals surface area contributed by atoms with Crippen LogP contribution in [-0.4, -0.2) is 55.5 Å². The average molecular weight is 440 g/mol. The molecule has 0 atom stereocenters. The Morgan fingerprint density at radius 3 is 2.65 bits per heavy atom. The summed E-state index contributed by atoms with van der Waals surface area (Å²) in [6.07, 6.45) is 2.86. The second-order valence-electron chi connectivity index (χ2n) is 8.05. The lowest BCUT2D eigenvalue weighted by Gasteiger charge is -2.29. The van der Waals surface area contributed by atoms with E-state index in [9.17, 15) is 9.90 Å². The number of methoxy groups -OCH3 is 1. The van der Waals surface area contributed by atoms with Crippen LogP contribution in [0.1, 0.15) is 28.8 Å². The number of nitrogens with zero attached hydrogens (tertiary/aromatic N) is 5. The Hall–Kier alpha value is -2.75. The van der Waals surface area contributed by atoms with Gasteiger partial charge in [-0.2, -0.15) is 9.61 Å². The smallest absolute Gasteiger partial charge is 0.352 e. The third-order valence-electron chi connectivity index (χ3n) is 6.08. The molecule has 31 heavy (non-hydrogen) atoms. The number of hydrogen-bond acceptors (Lipinski definition) is 7. The number of aromatic nitrogens is 4. The molecule has 0 radical (unpaired) electrons. The molecule has 4 heterocycles. The van der Waals surface area contributed by atoms with E-state index in [0.717, 1.165) is 59.6 Å². The van der Waals surface area contributed by atoms with E-state index in [2.05, 4.69) is 21.9 Å². The maximum atomic E-state index is 13.2. The lowest BCUT2D eigenvalue weighted by molar-refractivity contribution is 0.0796. The molecule has 0 spiro atoms. The Bertz CT molecular complexity index is 1280. The molecule has 1 saturated heterocycles. The first-order chi connectivity index (χ1) is 15.0. The van der Waals surface area contributed by atoms with Crippen molar-refractivity contribution in [2.24, 2.45) is 0 Å². The number of aryl methyl sites for hydroxylation is 1. The third-order valence-corrected chi connectivity index (χ3v) is 7.38. The van der Waals surface area contributed by atoms with E-state index < -0.39 is 0 Å². The minimum atomic E-state index is -0.190. The van der Waals surface area contributed by atoms with Gasteiger partial charge in [-0.15, -0.1) is 11.3 Å². The van der Waals surface area contributed by atoms with Crippen LogP contribution in [0.2, 0.25) is 0 Å². The summed E-state index contributed by atoms with van der Waals surface area (Å²) in [7, 11) is 1.64. The molecule has 0 amide bonds. The van der Waals surface area contributed by atoms with Gasteiger partial charge in [-0.05, 0) is 43.0 Å². The number of likely N-dealkylation sites (tertiary alicyclic amines) is 1. The van der Waals surface area contributed by atoms with Gasteiger partial charge in [-0.25, -0.2) is 9.78 Å². The van der Waals surface area contributed by atoms with Crippen LogP contribution < -0.4 is 10.4 Å². The summed E-state index contributed by atoms with van der Waals surface area (Å²) in [4.78, 5) is 22.2. The number of thiophene rings is 1. The molecular formula is C22H25N5O3S. The maximum absolute atomic E-state index is 13.2. The Morgan fingerprint density at radius 2 is 1.94 bits per heavy atom.